The second-order valence-electron chi connectivity index (χ2n) is 6.35. The van der Waals surface area contributed by atoms with Gasteiger partial charge in [0.05, 0.1) is 5.92 Å². The smallest absolute Gasteiger partial charge is 0.307 e. The number of hydrogen-bond donors (Lipinski definition) is 2. The lowest BCUT2D eigenvalue weighted by Gasteiger charge is -2.29. The van der Waals surface area contributed by atoms with Gasteiger partial charge in [-0.1, -0.05) is 12.2 Å². The largest absolute Gasteiger partial charge is 0.508 e. The summed E-state index contributed by atoms with van der Waals surface area (Å²) in [5.41, 5.74) is 1.85. The van der Waals surface area contributed by atoms with Crippen LogP contribution in [-0.2, 0) is 4.79 Å². The van der Waals surface area contributed by atoms with Crippen LogP contribution in [0.5, 0.6) is 5.75 Å². The number of hydrogen-bond acceptors (Lipinski definition) is 4. The standard InChI is InChI=1S/C20H16O5/c21-11-5-7-15-17(9-11)25-18-10-12(22)6-8-16(18)19(15)13-3-1-2-4-14(13)20(23)24/h1-2,5-10,13-14,21H,3-4H2,(H,23,24)/t13-,14-/m1/s1. The third kappa shape index (κ3) is 2.58. The van der Waals surface area contributed by atoms with Gasteiger partial charge in [0, 0.05) is 29.0 Å². The summed E-state index contributed by atoms with van der Waals surface area (Å²) in [6.45, 7) is 0. The summed E-state index contributed by atoms with van der Waals surface area (Å²) >= 11 is 0. The van der Waals surface area contributed by atoms with Crippen molar-refractivity contribution in [3.8, 4) is 17.1 Å². The third-order valence-corrected chi connectivity index (χ3v) is 4.84. The van der Waals surface area contributed by atoms with Crippen molar-refractivity contribution in [1.82, 2.24) is 0 Å². The molecule has 0 fully saturated rings. The number of carboxylic acid groups (broad SMARTS) is 1. The first-order valence-corrected chi connectivity index (χ1v) is 8.12. The summed E-state index contributed by atoms with van der Waals surface area (Å²) in [7, 11) is 0. The molecule has 5 heteroatoms. The minimum absolute atomic E-state index is 0.0538. The molecule has 25 heavy (non-hydrogen) atoms. The summed E-state index contributed by atoms with van der Waals surface area (Å²) in [4.78, 5) is 23.5. The van der Waals surface area contributed by atoms with E-state index in [0.29, 0.717) is 24.2 Å². The van der Waals surface area contributed by atoms with Gasteiger partial charge in [-0.15, -0.1) is 0 Å². The van der Waals surface area contributed by atoms with Crippen molar-refractivity contribution in [2.24, 2.45) is 5.92 Å². The molecule has 2 N–H and O–H groups in total. The Morgan fingerprint density at radius 3 is 2.68 bits per heavy atom. The number of carbonyl (C=O) groups is 1. The topological polar surface area (TPSA) is 87.7 Å². The van der Waals surface area contributed by atoms with Crippen molar-refractivity contribution < 1.29 is 19.4 Å². The highest BCUT2D eigenvalue weighted by atomic mass is 16.4. The van der Waals surface area contributed by atoms with E-state index >= 15 is 0 Å². The van der Waals surface area contributed by atoms with Crippen molar-refractivity contribution in [2.45, 2.75) is 18.8 Å². The summed E-state index contributed by atoms with van der Waals surface area (Å²) in [6.07, 6.45) is 4.96. The number of rotatable bonds is 2. The Balaban J connectivity index is 2.07. The highest BCUT2D eigenvalue weighted by Gasteiger charge is 2.33. The lowest BCUT2D eigenvalue weighted by molar-refractivity contribution is -0.142. The molecule has 126 valence electrons. The highest BCUT2D eigenvalue weighted by Crippen LogP contribution is 2.44. The van der Waals surface area contributed by atoms with Crippen LogP contribution in [0.4, 0.5) is 0 Å². The Labute approximate surface area is 143 Å². The fourth-order valence-electron chi connectivity index (χ4n) is 3.70. The average Bonchev–Trinajstić information content (AvgIpc) is 2.59. The summed E-state index contributed by atoms with van der Waals surface area (Å²) in [6, 6.07) is 9.35. The normalized spacial score (nSPS) is 20.2. The molecular formula is C20H16O5. The van der Waals surface area contributed by atoms with Crippen LogP contribution in [0, 0.1) is 5.92 Å². The van der Waals surface area contributed by atoms with Gasteiger partial charge < -0.3 is 14.6 Å². The fraction of sp³-hybridized carbons (Fsp3) is 0.200. The van der Waals surface area contributed by atoms with Crippen LogP contribution >= 0.6 is 0 Å². The molecule has 0 amide bonds. The maximum absolute atomic E-state index is 11.8. The summed E-state index contributed by atoms with van der Waals surface area (Å²) in [5, 5.41) is 20.2. The first kappa shape index (κ1) is 15.4. The number of phenolic OH excluding ortho intramolecular Hbond substituents is 1. The second-order valence-corrected chi connectivity index (χ2v) is 6.35. The highest BCUT2D eigenvalue weighted by molar-refractivity contribution is 5.90. The molecule has 0 bridgehead atoms. The van der Waals surface area contributed by atoms with Crippen molar-refractivity contribution >= 4 is 16.9 Å². The summed E-state index contributed by atoms with van der Waals surface area (Å²) < 4.78 is 5.81. The first-order chi connectivity index (χ1) is 12.0. The number of phenols is 1. The molecule has 2 aliphatic carbocycles. The Bertz CT molecular complexity index is 1030. The molecule has 4 rings (SSSR count). The van der Waals surface area contributed by atoms with Gasteiger partial charge in [0.15, 0.2) is 5.43 Å². The number of carboxylic acids is 1. The van der Waals surface area contributed by atoms with Gasteiger partial charge in [-0.3, -0.25) is 9.59 Å². The molecule has 0 aromatic heterocycles. The van der Waals surface area contributed by atoms with E-state index in [1.54, 1.807) is 18.2 Å². The molecule has 5 nitrogen and oxygen atoms in total. The van der Waals surface area contributed by atoms with E-state index in [0.717, 1.165) is 16.5 Å². The lowest BCUT2D eigenvalue weighted by Crippen LogP contribution is -2.24. The van der Waals surface area contributed by atoms with Gasteiger partial charge in [0.25, 0.3) is 0 Å². The molecule has 1 aliphatic heterocycles. The van der Waals surface area contributed by atoms with Gasteiger partial charge in [-0.05, 0) is 42.7 Å². The third-order valence-electron chi connectivity index (χ3n) is 4.84. The Kier molecular flexibility index (Phi) is 3.57. The molecular weight excluding hydrogens is 320 g/mol. The van der Waals surface area contributed by atoms with Crippen LogP contribution in [0.1, 0.15) is 24.3 Å². The quantitative estimate of drug-likeness (QED) is 0.550. The number of aliphatic carboxylic acids is 1. The molecule has 1 heterocycles. The molecule has 0 radical (unpaired) electrons. The van der Waals surface area contributed by atoms with E-state index in [1.807, 2.05) is 12.2 Å². The Morgan fingerprint density at radius 2 is 1.88 bits per heavy atom. The van der Waals surface area contributed by atoms with Gasteiger partial charge in [-0.25, -0.2) is 0 Å². The SMILES string of the molecule is O=C(O)[C@@H]1CC=CC[C@H]1c1c2ccc(=O)cc-2oc2cc(O)ccc12. The van der Waals surface area contributed by atoms with Crippen LogP contribution in [0.2, 0.25) is 0 Å². The van der Waals surface area contributed by atoms with Crippen LogP contribution in [0.15, 0.2) is 57.8 Å². The van der Waals surface area contributed by atoms with Crippen LogP contribution in [0.3, 0.4) is 0 Å². The maximum Gasteiger partial charge on any atom is 0.307 e. The molecule has 1 aromatic carbocycles. The second kappa shape index (κ2) is 5.77. The summed E-state index contributed by atoms with van der Waals surface area (Å²) in [5.74, 6) is -1.15. The molecule has 1 aromatic rings. The van der Waals surface area contributed by atoms with E-state index < -0.39 is 11.9 Å². The van der Waals surface area contributed by atoms with Crippen LogP contribution in [0.25, 0.3) is 22.3 Å². The van der Waals surface area contributed by atoms with Gasteiger partial charge in [0.1, 0.15) is 17.1 Å². The minimum Gasteiger partial charge on any atom is -0.508 e. The van der Waals surface area contributed by atoms with Crippen LogP contribution < -0.4 is 5.43 Å². The van der Waals surface area contributed by atoms with E-state index in [1.165, 1.54) is 18.2 Å². The predicted octanol–water partition coefficient (Wildman–Crippen LogP) is 3.74. The van der Waals surface area contributed by atoms with Crippen molar-refractivity contribution in [1.29, 1.82) is 0 Å². The van der Waals surface area contributed by atoms with Crippen molar-refractivity contribution in [3.05, 3.63) is 64.3 Å². The number of allylic oxidation sites excluding steroid dienone is 2. The Morgan fingerprint density at radius 1 is 1.08 bits per heavy atom. The van der Waals surface area contributed by atoms with Gasteiger partial charge >= 0.3 is 5.97 Å². The molecule has 0 unspecified atom stereocenters. The predicted molar refractivity (Wildman–Crippen MR) is 93.0 cm³/mol. The van der Waals surface area contributed by atoms with Crippen LogP contribution in [-0.4, -0.2) is 16.2 Å². The number of fused-ring (bicyclic) bond motifs is 2. The molecule has 0 saturated carbocycles. The van der Waals surface area contributed by atoms with E-state index in [9.17, 15) is 19.8 Å². The van der Waals surface area contributed by atoms with E-state index in [4.69, 9.17) is 4.42 Å². The fourth-order valence-corrected chi connectivity index (χ4v) is 3.70. The Hall–Kier alpha value is -3.08. The van der Waals surface area contributed by atoms with Crippen molar-refractivity contribution in [2.75, 3.05) is 0 Å². The molecule has 0 spiro atoms. The van der Waals surface area contributed by atoms with Crippen molar-refractivity contribution in [3.63, 3.8) is 0 Å². The minimum atomic E-state index is -0.837. The maximum atomic E-state index is 11.8. The zero-order valence-electron chi connectivity index (χ0n) is 13.3. The van der Waals surface area contributed by atoms with Gasteiger partial charge in [0.2, 0.25) is 0 Å². The van der Waals surface area contributed by atoms with Gasteiger partial charge in [-0.2, -0.15) is 0 Å². The van der Waals surface area contributed by atoms with E-state index in [2.05, 4.69) is 0 Å². The number of benzene rings is 2. The zero-order chi connectivity index (χ0) is 17.6. The molecule has 3 aliphatic rings. The monoisotopic (exact) mass is 336 g/mol. The average molecular weight is 336 g/mol. The zero-order valence-corrected chi connectivity index (χ0v) is 13.3. The molecule has 2 atom stereocenters. The number of aromatic hydroxyl groups is 1. The molecule has 0 saturated heterocycles. The first-order valence-electron chi connectivity index (χ1n) is 8.12. The van der Waals surface area contributed by atoms with E-state index in [-0.39, 0.29) is 17.1 Å². The lowest BCUT2D eigenvalue weighted by atomic mass is 9.75.